The zero-order valence-corrected chi connectivity index (χ0v) is 11.3. The van der Waals surface area contributed by atoms with E-state index in [0.29, 0.717) is 13.2 Å². The minimum absolute atomic E-state index is 0.0529. The highest BCUT2D eigenvalue weighted by atomic mass is 16.5. The summed E-state index contributed by atoms with van der Waals surface area (Å²) in [6.07, 6.45) is 0.978. The van der Waals surface area contributed by atoms with E-state index in [2.05, 4.69) is 12.2 Å². The van der Waals surface area contributed by atoms with E-state index in [0.717, 1.165) is 23.4 Å². The molecule has 1 aromatic carbocycles. The summed E-state index contributed by atoms with van der Waals surface area (Å²) < 4.78 is 5.53. The van der Waals surface area contributed by atoms with Gasteiger partial charge in [-0.1, -0.05) is 13.8 Å². The average molecular weight is 250 g/mol. The van der Waals surface area contributed by atoms with Crippen molar-refractivity contribution in [2.45, 2.75) is 27.2 Å². The van der Waals surface area contributed by atoms with Crippen LogP contribution in [0.2, 0.25) is 0 Å². The Labute approximate surface area is 109 Å². The molecule has 0 aliphatic carbocycles. The van der Waals surface area contributed by atoms with E-state index in [1.165, 1.54) is 0 Å². The predicted octanol–water partition coefficient (Wildman–Crippen LogP) is 2.32. The molecule has 0 saturated heterocycles. The minimum Gasteiger partial charge on any atom is -0.494 e. The standard InChI is InChI=1S/C14H22N2O2/c1-4-7-18-12-5-6-13(10(2)8-12)16-14(17)11(3)9-15/h5-6,8,11H,4,7,9,15H2,1-3H3,(H,16,17). The normalized spacial score (nSPS) is 12.0. The van der Waals surface area contributed by atoms with Crippen LogP contribution >= 0.6 is 0 Å². The Morgan fingerprint density at radius 2 is 2.22 bits per heavy atom. The molecule has 0 heterocycles. The molecular formula is C14H22N2O2. The molecular weight excluding hydrogens is 228 g/mol. The molecule has 1 aromatic rings. The first kappa shape index (κ1) is 14.5. The van der Waals surface area contributed by atoms with Gasteiger partial charge in [-0.05, 0) is 37.1 Å². The van der Waals surface area contributed by atoms with Crippen LogP contribution in [0.15, 0.2) is 18.2 Å². The maximum absolute atomic E-state index is 11.7. The van der Waals surface area contributed by atoms with Crippen molar-refractivity contribution in [3.05, 3.63) is 23.8 Å². The summed E-state index contributed by atoms with van der Waals surface area (Å²) in [5, 5.41) is 2.87. The van der Waals surface area contributed by atoms with Crippen LogP contribution in [0.4, 0.5) is 5.69 Å². The lowest BCUT2D eigenvalue weighted by molar-refractivity contribution is -0.119. The molecule has 0 aromatic heterocycles. The van der Waals surface area contributed by atoms with Crippen molar-refractivity contribution in [2.75, 3.05) is 18.5 Å². The van der Waals surface area contributed by atoms with E-state index in [1.54, 1.807) is 0 Å². The largest absolute Gasteiger partial charge is 0.494 e. The summed E-state index contributed by atoms with van der Waals surface area (Å²) in [5.41, 5.74) is 7.26. The van der Waals surface area contributed by atoms with Crippen molar-refractivity contribution < 1.29 is 9.53 Å². The van der Waals surface area contributed by atoms with Gasteiger partial charge in [0.15, 0.2) is 0 Å². The summed E-state index contributed by atoms with van der Waals surface area (Å²) in [4.78, 5) is 11.7. The fourth-order valence-corrected chi connectivity index (χ4v) is 1.45. The number of nitrogens with one attached hydrogen (secondary N) is 1. The van der Waals surface area contributed by atoms with Crippen molar-refractivity contribution in [3.8, 4) is 5.75 Å². The Morgan fingerprint density at radius 3 is 2.78 bits per heavy atom. The number of hydrogen-bond donors (Lipinski definition) is 2. The molecule has 1 rings (SSSR count). The van der Waals surface area contributed by atoms with Crippen molar-refractivity contribution in [2.24, 2.45) is 11.7 Å². The molecule has 3 N–H and O–H groups in total. The Morgan fingerprint density at radius 1 is 1.50 bits per heavy atom. The third-order valence-corrected chi connectivity index (χ3v) is 2.73. The molecule has 1 amide bonds. The first-order chi connectivity index (χ1) is 8.58. The van der Waals surface area contributed by atoms with Gasteiger partial charge in [0, 0.05) is 18.2 Å². The van der Waals surface area contributed by atoms with Crippen LogP contribution < -0.4 is 15.8 Å². The summed E-state index contributed by atoms with van der Waals surface area (Å²) in [6.45, 7) is 6.87. The smallest absolute Gasteiger partial charge is 0.228 e. The second-order valence-electron chi connectivity index (χ2n) is 4.45. The third kappa shape index (κ3) is 4.04. The van der Waals surface area contributed by atoms with Crippen LogP contribution in [-0.2, 0) is 4.79 Å². The van der Waals surface area contributed by atoms with E-state index in [1.807, 2.05) is 32.0 Å². The van der Waals surface area contributed by atoms with Gasteiger partial charge in [0.2, 0.25) is 5.91 Å². The second-order valence-corrected chi connectivity index (χ2v) is 4.45. The lowest BCUT2D eigenvalue weighted by Crippen LogP contribution is -2.26. The number of carbonyl (C=O) groups excluding carboxylic acids is 1. The number of hydrogen-bond acceptors (Lipinski definition) is 3. The predicted molar refractivity (Wildman–Crippen MR) is 73.8 cm³/mol. The number of nitrogens with two attached hydrogens (primary N) is 1. The molecule has 0 bridgehead atoms. The Balaban J connectivity index is 2.70. The molecule has 0 saturated carbocycles. The highest BCUT2D eigenvalue weighted by molar-refractivity contribution is 5.93. The number of carbonyl (C=O) groups is 1. The van der Waals surface area contributed by atoms with Gasteiger partial charge in [0.25, 0.3) is 0 Å². The van der Waals surface area contributed by atoms with Gasteiger partial charge < -0.3 is 15.8 Å². The lowest BCUT2D eigenvalue weighted by Gasteiger charge is -2.13. The zero-order valence-electron chi connectivity index (χ0n) is 11.3. The van der Waals surface area contributed by atoms with Gasteiger partial charge in [0.1, 0.15) is 5.75 Å². The summed E-state index contributed by atoms with van der Waals surface area (Å²) in [5.74, 6) is 0.600. The second kappa shape index (κ2) is 7.01. The van der Waals surface area contributed by atoms with Gasteiger partial charge in [-0.15, -0.1) is 0 Å². The SMILES string of the molecule is CCCOc1ccc(NC(=O)C(C)CN)c(C)c1. The van der Waals surface area contributed by atoms with E-state index in [4.69, 9.17) is 10.5 Å². The average Bonchev–Trinajstić information content (AvgIpc) is 2.38. The monoisotopic (exact) mass is 250 g/mol. The molecule has 18 heavy (non-hydrogen) atoms. The number of benzene rings is 1. The van der Waals surface area contributed by atoms with Crippen LogP contribution in [0.5, 0.6) is 5.75 Å². The van der Waals surface area contributed by atoms with Crippen LogP contribution in [0.3, 0.4) is 0 Å². The molecule has 1 atom stereocenters. The van der Waals surface area contributed by atoms with E-state index in [-0.39, 0.29) is 11.8 Å². The first-order valence-electron chi connectivity index (χ1n) is 6.32. The first-order valence-corrected chi connectivity index (χ1v) is 6.32. The van der Waals surface area contributed by atoms with Crippen LogP contribution in [0.25, 0.3) is 0 Å². The Kier molecular flexibility index (Phi) is 5.65. The fourth-order valence-electron chi connectivity index (χ4n) is 1.45. The van der Waals surface area contributed by atoms with Gasteiger partial charge in [0.05, 0.1) is 6.61 Å². The maximum Gasteiger partial charge on any atom is 0.228 e. The van der Waals surface area contributed by atoms with Gasteiger partial charge >= 0.3 is 0 Å². The van der Waals surface area contributed by atoms with Crippen molar-refractivity contribution in [3.63, 3.8) is 0 Å². The van der Waals surface area contributed by atoms with Crippen LogP contribution in [0.1, 0.15) is 25.8 Å². The number of rotatable bonds is 6. The molecule has 0 fully saturated rings. The molecule has 0 spiro atoms. The quantitative estimate of drug-likeness (QED) is 0.814. The topological polar surface area (TPSA) is 64.3 Å². The summed E-state index contributed by atoms with van der Waals surface area (Å²) in [7, 11) is 0. The zero-order chi connectivity index (χ0) is 13.5. The maximum atomic E-state index is 11.7. The Hall–Kier alpha value is -1.55. The van der Waals surface area contributed by atoms with E-state index >= 15 is 0 Å². The highest BCUT2D eigenvalue weighted by Crippen LogP contribution is 2.22. The van der Waals surface area contributed by atoms with E-state index in [9.17, 15) is 4.79 Å². The summed E-state index contributed by atoms with van der Waals surface area (Å²) >= 11 is 0. The lowest BCUT2D eigenvalue weighted by atomic mass is 10.1. The fraction of sp³-hybridized carbons (Fsp3) is 0.500. The van der Waals surface area contributed by atoms with Crippen LogP contribution in [0, 0.1) is 12.8 Å². The van der Waals surface area contributed by atoms with Crippen molar-refractivity contribution in [1.82, 2.24) is 0 Å². The van der Waals surface area contributed by atoms with Gasteiger partial charge in [-0.3, -0.25) is 4.79 Å². The number of ether oxygens (including phenoxy) is 1. The molecule has 0 aliphatic heterocycles. The molecule has 0 aliphatic rings. The van der Waals surface area contributed by atoms with Crippen LogP contribution in [-0.4, -0.2) is 19.1 Å². The summed E-state index contributed by atoms with van der Waals surface area (Å²) in [6, 6.07) is 5.66. The molecule has 0 radical (unpaired) electrons. The van der Waals surface area contributed by atoms with Gasteiger partial charge in [-0.2, -0.15) is 0 Å². The van der Waals surface area contributed by atoms with Gasteiger partial charge in [-0.25, -0.2) is 0 Å². The van der Waals surface area contributed by atoms with Crippen molar-refractivity contribution >= 4 is 11.6 Å². The number of anilines is 1. The number of aryl methyl sites for hydroxylation is 1. The van der Waals surface area contributed by atoms with Crippen molar-refractivity contribution in [1.29, 1.82) is 0 Å². The molecule has 4 heteroatoms. The van der Waals surface area contributed by atoms with E-state index < -0.39 is 0 Å². The third-order valence-electron chi connectivity index (χ3n) is 2.73. The highest BCUT2D eigenvalue weighted by Gasteiger charge is 2.12. The minimum atomic E-state index is -0.180. The Bertz CT molecular complexity index is 405. The molecule has 100 valence electrons. The number of amides is 1. The molecule has 4 nitrogen and oxygen atoms in total. The molecule has 1 unspecified atom stereocenters.